The molecule has 0 aromatic carbocycles. The van der Waals surface area contributed by atoms with Crippen LogP contribution in [0.15, 0.2) is 0 Å². The highest BCUT2D eigenvalue weighted by Crippen LogP contribution is 2.15. The maximum atomic E-state index is 11.2. The number of hydrogen-bond acceptors (Lipinski definition) is 4. The first-order chi connectivity index (χ1) is 8.82. The van der Waals surface area contributed by atoms with Gasteiger partial charge in [0.15, 0.2) is 0 Å². The number of rotatable bonds is 9. The van der Waals surface area contributed by atoms with Gasteiger partial charge in [-0.05, 0) is 26.7 Å². The van der Waals surface area contributed by atoms with Gasteiger partial charge in [0.1, 0.15) is 0 Å². The van der Waals surface area contributed by atoms with Crippen LogP contribution < -0.4 is 5.32 Å². The lowest BCUT2D eigenvalue weighted by molar-refractivity contribution is -0.146. The van der Waals surface area contributed by atoms with Crippen LogP contribution in [0.3, 0.4) is 0 Å². The van der Waals surface area contributed by atoms with Gasteiger partial charge in [0.2, 0.25) is 5.91 Å². The second-order valence-electron chi connectivity index (χ2n) is 5.05. The van der Waals surface area contributed by atoms with Crippen LogP contribution in [0.1, 0.15) is 33.6 Å². The lowest BCUT2D eigenvalue weighted by Gasteiger charge is -2.26. The topological polar surface area (TPSA) is 64.6 Å². The highest BCUT2D eigenvalue weighted by Gasteiger charge is 2.20. The van der Waals surface area contributed by atoms with Crippen molar-refractivity contribution in [1.29, 1.82) is 0 Å². The summed E-state index contributed by atoms with van der Waals surface area (Å²) in [6.07, 6.45) is 1.35. The third-order valence-electron chi connectivity index (χ3n) is 2.82. The standard InChI is InChI=1S/C13H24BrNO4/c1-10(12(17)18-4)5-8-19-13(2,3)6-7-15-11(16)9-14/h10H,5-9H2,1-4H3,(H,15,16). The molecule has 0 saturated heterocycles. The van der Waals surface area contributed by atoms with E-state index in [1.54, 1.807) is 0 Å². The molecule has 0 aliphatic carbocycles. The quantitative estimate of drug-likeness (QED) is 0.515. The minimum Gasteiger partial charge on any atom is -0.469 e. The Morgan fingerprint density at radius 3 is 2.53 bits per heavy atom. The number of amides is 1. The van der Waals surface area contributed by atoms with E-state index in [2.05, 4.69) is 26.0 Å². The number of ether oxygens (including phenoxy) is 2. The zero-order valence-corrected chi connectivity index (χ0v) is 13.7. The number of halogens is 1. The molecule has 0 aliphatic heterocycles. The first-order valence-corrected chi connectivity index (χ1v) is 7.49. The molecule has 0 radical (unpaired) electrons. The van der Waals surface area contributed by atoms with Crippen LogP contribution in [0.25, 0.3) is 0 Å². The zero-order valence-electron chi connectivity index (χ0n) is 12.1. The number of nitrogens with one attached hydrogen (secondary N) is 1. The van der Waals surface area contributed by atoms with Gasteiger partial charge >= 0.3 is 5.97 Å². The molecule has 0 heterocycles. The summed E-state index contributed by atoms with van der Waals surface area (Å²) in [7, 11) is 1.39. The number of hydrogen-bond donors (Lipinski definition) is 1. The minimum absolute atomic E-state index is 0.0323. The van der Waals surface area contributed by atoms with Crippen LogP contribution >= 0.6 is 15.9 Å². The second kappa shape index (κ2) is 9.31. The van der Waals surface area contributed by atoms with Crippen molar-refractivity contribution in [3.05, 3.63) is 0 Å². The highest BCUT2D eigenvalue weighted by molar-refractivity contribution is 9.09. The molecular formula is C13H24BrNO4. The Kier molecular flexibility index (Phi) is 9.01. The Morgan fingerprint density at radius 2 is 2.00 bits per heavy atom. The van der Waals surface area contributed by atoms with Crippen LogP contribution in [-0.4, -0.2) is 43.1 Å². The van der Waals surface area contributed by atoms with Crippen molar-refractivity contribution in [2.75, 3.05) is 25.6 Å². The molecule has 1 amide bonds. The largest absolute Gasteiger partial charge is 0.469 e. The van der Waals surface area contributed by atoms with Crippen LogP contribution in [0.2, 0.25) is 0 Å². The van der Waals surface area contributed by atoms with E-state index in [1.165, 1.54) is 7.11 Å². The van der Waals surface area contributed by atoms with Gasteiger partial charge in [-0.1, -0.05) is 22.9 Å². The molecule has 0 saturated carbocycles. The lowest BCUT2D eigenvalue weighted by atomic mass is 10.0. The third kappa shape index (κ3) is 8.99. The van der Waals surface area contributed by atoms with E-state index in [9.17, 15) is 9.59 Å². The average molecular weight is 338 g/mol. The number of alkyl halides is 1. The van der Waals surface area contributed by atoms with Crippen LogP contribution in [0, 0.1) is 5.92 Å². The molecular weight excluding hydrogens is 314 g/mol. The summed E-state index contributed by atoms with van der Waals surface area (Å²) >= 11 is 3.09. The lowest BCUT2D eigenvalue weighted by Crippen LogP contribution is -2.33. The highest BCUT2D eigenvalue weighted by atomic mass is 79.9. The fourth-order valence-corrected chi connectivity index (χ4v) is 1.65. The molecule has 6 heteroatoms. The summed E-state index contributed by atoms with van der Waals surface area (Å²) in [5.74, 6) is -0.407. The summed E-state index contributed by atoms with van der Waals surface area (Å²) < 4.78 is 10.4. The van der Waals surface area contributed by atoms with Gasteiger partial charge in [0.25, 0.3) is 0 Å². The smallest absolute Gasteiger partial charge is 0.308 e. The SMILES string of the molecule is COC(=O)C(C)CCOC(C)(C)CCNC(=O)CBr. The Hall–Kier alpha value is -0.620. The monoisotopic (exact) mass is 337 g/mol. The van der Waals surface area contributed by atoms with E-state index in [0.717, 1.165) is 6.42 Å². The molecule has 1 atom stereocenters. The van der Waals surface area contributed by atoms with Crippen molar-refractivity contribution in [2.24, 2.45) is 5.92 Å². The Balaban J connectivity index is 3.84. The van der Waals surface area contributed by atoms with E-state index in [0.29, 0.717) is 24.9 Å². The van der Waals surface area contributed by atoms with Crippen molar-refractivity contribution in [1.82, 2.24) is 5.32 Å². The summed E-state index contributed by atoms with van der Waals surface area (Å²) in [6, 6.07) is 0. The van der Waals surface area contributed by atoms with Crippen molar-refractivity contribution < 1.29 is 19.1 Å². The molecule has 1 unspecified atom stereocenters. The Labute approximate surface area is 123 Å². The molecule has 0 aliphatic rings. The van der Waals surface area contributed by atoms with Gasteiger partial charge in [-0.15, -0.1) is 0 Å². The van der Waals surface area contributed by atoms with E-state index in [1.807, 2.05) is 20.8 Å². The maximum absolute atomic E-state index is 11.2. The van der Waals surface area contributed by atoms with Gasteiger partial charge in [0, 0.05) is 13.2 Å². The van der Waals surface area contributed by atoms with E-state index >= 15 is 0 Å². The number of carbonyl (C=O) groups excluding carboxylic acids is 2. The summed E-state index contributed by atoms with van der Waals surface area (Å²) in [5.41, 5.74) is -0.324. The molecule has 0 rings (SSSR count). The number of carbonyl (C=O) groups is 2. The summed E-state index contributed by atoms with van der Waals surface area (Å²) in [5, 5.41) is 3.09. The fourth-order valence-electron chi connectivity index (χ4n) is 1.45. The fraction of sp³-hybridized carbons (Fsp3) is 0.846. The van der Waals surface area contributed by atoms with Crippen molar-refractivity contribution in [3.8, 4) is 0 Å². The molecule has 0 spiro atoms. The van der Waals surface area contributed by atoms with Gasteiger partial charge < -0.3 is 14.8 Å². The van der Waals surface area contributed by atoms with Gasteiger partial charge in [-0.2, -0.15) is 0 Å². The predicted octanol–water partition coefficient (Wildman–Crippen LogP) is 1.88. The molecule has 0 fully saturated rings. The first-order valence-electron chi connectivity index (χ1n) is 6.37. The molecule has 1 N–H and O–H groups in total. The van der Waals surface area contributed by atoms with E-state index in [-0.39, 0.29) is 23.4 Å². The molecule has 0 bridgehead atoms. The van der Waals surface area contributed by atoms with Crippen molar-refractivity contribution in [2.45, 2.75) is 39.2 Å². The third-order valence-corrected chi connectivity index (χ3v) is 3.33. The minimum atomic E-state index is -0.324. The Morgan fingerprint density at radius 1 is 1.37 bits per heavy atom. The molecule has 5 nitrogen and oxygen atoms in total. The van der Waals surface area contributed by atoms with Crippen LogP contribution in [0.4, 0.5) is 0 Å². The summed E-state index contributed by atoms with van der Waals surface area (Å²) in [4.78, 5) is 22.3. The number of methoxy groups -OCH3 is 1. The van der Waals surface area contributed by atoms with Gasteiger partial charge in [0.05, 0.1) is 24.0 Å². The average Bonchev–Trinajstić information content (AvgIpc) is 2.36. The Bertz CT molecular complexity index is 294. The molecule has 19 heavy (non-hydrogen) atoms. The van der Waals surface area contributed by atoms with Gasteiger partial charge in [-0.3, -0.25) is 9.59 Å². The van der Waals surface area contributed by atoms with Crippen molar-refractivity contribution >= 4 is 27.8 Å². The predicted molar refractivity (Wildman–Crippen MR) is 77.2 cm³/mol. The van der Waals surface area contributed by atoms with E-state index in [4.69, 9.17) is 4.74 Å². The van der Waals surface area contributed by atoms with Crippen molar-refractivity contribution in [3.63, 3.8) is 0 Å². The molecule has 0 aromatic heterocycles. The maximum Gasteiger partial charge on any atom is 0.308 e. The summed E-state index contributed by atoms with van der Waals surface area (Å²) in [6.45, 7) is 6.82. The molecule has 112 valence electrons. The molecule has 0 aromatic rings. The first kappa shape index (κ1) is 18.4. The van der Waals surface area contributed by atoms with Crippen LogP contribution in [0.5, 0.6) is 0 Å². The normalized spacial score (nSPS) is 12.9. The second-order valence-corrected chi connectivity index (χ2v) is 5.62. The zero-order chi connectivity index (χ0) is 14.9. The van der Waals surface area contributed by atoms with Crippen LogP contribution in [-0.2, 0) is 19.1 Å². The van der Waals surface area contributed by atoms with E-state index < -0.39 is 0 Å². The van der Waals surface area contributed by atoms with Gasteiger partial charge in [-0.25, -0.2) is 0 Å². The number of esters is 1.